The van der Waals surface area contributed by atoms with Crippen molar-refractivity contribution in [1.29, 1.82) is 0 Å². The second kappa shape index (κ2) is 5.64. The highest BCUT2D eigenvalue weighted by molar-refractivity contribution is 5.22. The van der Waals surface area contributed by atoms with E-state index in [9.17, 15) is 5.11 Å². The first-order valence-corrected chi connectivity index (χ1v) is 7.75. The lowest BCUT2D eigenvalue weighted by molar-refractivity contribution is -0.0301. The molecule has 2 fully saturated rings. The van der Waals surface area contributed by atoms with E-state index in [0.717, 1.165) is 32.5 Å². The summed E-state index contributed by atoms with van der Waals surface area (Å²) in [5.41, 5.74) is 1.05. The van der Waals surface area contributed by atoms with Gasteiger partial charge in [-0.1, -0.05) is 56.0 Å². The molecule has 0 aromatic heterocycles. The average molecular weight is 259 g/mol. The van der Waals surface area contributed by atoms with Gasteiger partial charge in [0.05, 0.1) is 5.60 Å². The number of nitrogens with zero attached hydrogens (tertiary/aromatic N) is 1. The van der Waals surface area contributed by atoms with Crippen LogP contribution < -0.4 is 0 Å². The van der Waals surface area contributed by atoms with Crippen LogP contribution in [0.15, 0.2) is 30.3 Å². The molecular formula is C17H25NO. The molecule has 0 amide bonds. The van der Waals surface area contributed by atoms with Crippen molar-refractivity contribution in [2.75, 3.05) is 19.6 Å². The van der Waals surface area contributed by atoms with Gasteiger partial charge >= 0.3 is 0 Å². The molecule has 3 rings (SSSR count). The van der Waals surface area contributed by atoms with E-state index in [-0.39, 0.29) is 0 Å². The lowest BCUT2D eigenvalue weighted by atomic mass is 9.87. The number of rotatable bonds is 3. The molecule has 0 bridgehead atoms. The predicted molar refractivity (Wildman–Crippen MR) is 78.3 cm³/mol. The molecule has 1 aromatic rings. The molecule has 0 radical (unpaired) electrons. The second-order valence-electron chi connectivity index (χ2n) is 6.44. The van der Waals surface area contributed by atoms with Crippen LogP contribution in [0.4, 0.5) is 0 Å². The van der Waals surface area contributed by atoms with Gasteiger partial charge in [-0.3, -0.25) is 4.90 Å². The number of hydrogen-bond acceptors (Lipinski definition) is 2. The Morgan fingerprint density at radius 2 is 1.63 bits per heavy atom. The zero-order valence-corrected chi connectivity index (χ0v) is 11.7. The minimum absolute atomic E-state index is 0.405. The first-order valence-electron chi connectivity index (χ1n) is 7.75. The second-order valence-corrected chi connectivity index (χ2v) is 6.44. The molecule has 2 heteroatoms. The van der Waals surface area contributed by atoms with Crippen molar-refractivity contribution < 1.29 is 5.11 Å². The van der Waals surface area contributed by atoms with Gasteiger partial charge in [0.25, 0.3) is 0 Å². The highest BCUT2D eigenvalue weighted by Gasteiger charge is 2.35. The Hall–Kier alpha value is -0.860. The molecule has 1 N–H and O–H groups in total. The van der Waals surface area contributed by atoms with Crippen molar-refractivity contribution in [3.63, 3.8) is 0 Å². The zero-order chi connectivity index (χ0) is 13.1. The number of aliphatic hydroxyl groups is 1. The first-order chi connectivity index (χ1) is 9.25. The van der Waals surface area contributed by atoms with Gasteiger partial charge in [-0.05, 0) is 18.4 Å². The molecule has 1 aliphatic heterocycles. The highest BCUT2D eigenvalue weighted by atomic mass is 16.3. The first kappa shape index (κ1) is 13.1. The van der Waals surface area contributed by atoms with Gasteiger partial charge < -0.3 is 5.11 Å². The number of hydrogen-bond donors (Lipinski definition) is 1. The Kier molecular flexibility index (Phi) is 3.90. The number of benzene rings is 1. The summed E-state index contributed by atoms with van der Waals surface area (Å²) in [6, 6.07) is 10.8. The van der Waals surface area contributed by atoms with Crippen LogP contribution in [0.3, 0.4) is 0 Å². The summed E-state index contributed by atoms with van der Waals surface area (Å²) in [4.78, 5) is 2.43. The third kappa shape index (κ3) is 3.18. The van der Waals surface area contributed by atoms with Crippen LogP contribution in [-0.2, 0) is 0 Å². The minimum atomic E-state index is -0.405. The molecule has 1 aliphatic carbocycles. The zero-order valence-electron chi connectivity index (χ0n) is 11.7. The van der Waals surface area contributed by atoms with Gasteiger partial charge in [-0.2, -0.15) is 0 Å². The lowest BCUT2D eigenvalue weighted by Crippen LogP contribution is -2.52. The third-order valence-electron chi connectivity index (χ3n) is 4.78. The summed E-state index contributed by atoms with van der Waals surface area (Å²) in [5.74, 6) is 0.676. The van der Waals surface area contributed by atoms with Crippen molar-refractivity contribution in [3.05, 3.63) is 35.9 Å². The molecular weight excluding hydrogens is 234 g/mol. The van der Waals surface area contributed by atoms with Crippen LogP contribution in [0.2, 0.25) is 0 Å². The van der Waals surface area contributed by atoms with E-state index in [1.54, 1.807) is 0 Å². The molecule has 2 nitrogen and oxygen atoms in total. The maximum absolute atomic E-state index is 10.7. The summed E-state index contributed by atoms with van der Waals surface area (Å²) in [7, 11) is 0. The van der Waals surface area contributed by atoms with Crippen LogP contribution in [0.5, 0.6) is 0 Å². The fourth-order valence-electron chi connectivity index (χ4n) is 3.60. The van der Waals surface area contributed by atoms with Gasteiger partial charge in [-0.25, -0.2) is 0 Å². The van der Waals surface area contributed by atoms with E-state index in [0.29, 0.717) is 5.92 Å². The van der Waals surface area contributed by atoms with Crippen molar-refractivity contribution >= 4 is 0 Å². The van der Waals surface area contributed by atoms with Gasteiger partial charge in [0.2, 0.25) is 0 Å². The molecule has 104 valence electrons. The van der Waals surface area contributed by atoms with Crippen molar-refractivity contribution in [3.8, 4) is 0 Å². The molecule has 1 saturated carbocycles. The summed E-state index contributed by atoms with van der Waals surface area (Å²) >= 11 is 0. The van der Waals surface area contributed by atoms with Gasteiger partial charge in [0.15, 0.2) is 0 Å². The van der Waals surface area contributed by atoms with Gasteiger partial charge in [0, 0.05) is 25.6 Å². The highest BCUT2D eigenvalue weighted by Crippen LogP contribution is 2.32. The largest absolute Gasteiger partial charge is 0.389 e. The number of likely N-dealkylation sites (tertiary alicyclic amines) is 1. The minimum Gasteiger partial charge on any atom is -0.389 e. The predicted octanol–water partition coefficient (Wildman–Crippen LogP) is 3.17. The van der Waals surface area contributed by atoms with Crippen molar-refractivity contribution in [2.24, 2.45) is 0 Å². The van der Waals surface area contributed by atoms with E-state index < -0.39 is 5.60 Å². The Balaban J connectivity index is 1.51. The van der Waals surface area contributed by atoms with Crippen LogP contribution in [0.25, 0.3) is 0 Å². The summed E-state index contributed by atoms with van der Waals surface area (Å²) in [5, 5.41) is 10.7. The quantitative estimate of drug-likeness (QED) is 0.843. The fourth-order valence-corrected chi connectivity index (χ4v) is 3.60. The van der Waals surface area contributed by atoms with Crippen LogP contribution in [0.1, 0.15) is 50.0 Å². The monoisotopic (exact) mass is 259 g/mol. The molecule has 1 saturated heterocycles. The van der Waals surface area contributed by atoms with Gasteiger partial charge in [-0.15, -0.1) is 0 Å². The van der Waals surface area contributed by atoms with Crippen molar-refractivity contribution in [2.45, 2.75) is 50.0 Å². The van der Waals surface area contributed by atoms with Crippen molar-refractivity contribution in [1.82, 2.24) is 4.90 Å². The standard InChI is InChI=1S/C17H25NO/c19-17(10-6-1-2-7-11-17)14-18-12-16(13-18)15-8-4-3-5-9-15/h3-5,8-9,16,19H,1-2,6-7,10-14H2. The Labute approximate surface area is 116 Å². The van der Waals surface area contributed by atoms with Crippen LogP contribution in [0, 0.1) is 0 Å². The lowest BCUT2D eigenvalue weighted by Gasteiger charge is -2.44. The molecule has 0 spiro atoms. The third-order valence-corrected chi connectivity index (χ3v) is 4.78. The molecule has 0 unspecified atom stereocenters. The molecule has 19 heavy (non-hydrogen) atoms. The van der Waals surface area contributed by atoms with E-state index in [2.05, 4.69) is 35.2 Å². The normalized spacial score (nSPS) is 24.7. The van der Waals surface area contributed by atoms with E-state index >= 15 is 0 Å². The maximum Gasteiger partial charge on any atom is 0.0774 e. The Bertz CT molecular complexity index is 389. The van der Waals surface area contributed by atoms with Crippen LogP contribution in [-0.4, -0.2) is 35.2 Å². The van der Waals surface area contributed by atoms with E-state index in [1.807, 2.05) is 0 Å². The van der Waals surface area contributed by atoms with E-state index in [1.165, 1.54) is 31.2 Å². The summed E-state index contributed by atoms with van der Waals surface area (Å²) < 4.78 is 0. The smallest absolute Gasteiger partial charge is 0.0774 e. The van der Waals surface area contributed by atoms with E-state index in [4.69, 9.17) is 0 Å². The topological polar surface area (TPSA) is 23.5 Å². The molecule has 2 aliphatic rings. The molecule has 1 heterocycles. The fraction of sp³-hybridized carbons (Fsp3) is 0.647. The summed E-state index contributed by atoms with van der Waals surface area (Å²) in [6.07, 6.45) is 7.00. The maximum atomic E-state index is 10.7. The SMILES string of the molecule is OC1(CN2CC(c3ccccc3)C2)CCCCCC1. The molecule has 0 atom stereocenters. The average Bonchev–Trinajstić information content (AvgIpc) is 2.60. The van der Waals surface area contributed by atoms with Gasteiger partial charge in [0.1, 0.15) is 0 Å². The number of β-amino-alcohol motifs (C(OH)–C–C–N with tert-alkyl or cyclic N) is 1. The Morgan fingerprint density at radius 1 is 1.00 bits per heavy atom. The summed E-state index contributed by atoms with van der Waals surface area (Å²) in [6.45, 7) is 3.12. The molecule has 1 aromatic carbocycles. The Morgan fingerprint density at radius 3 is 2.26 bits per heavy atom. The van der Waals surface area contributed by atoms with Crippen LogP contribution >= 0.6 is 0 Å².